The molecule has 0 saturated heterocycles. The second kappa shape index (κ2) is 10.3. The monoisotopic (exact) mass is 483 g/mol. The number of rotatable bonds is 8. The average molecular weight is 483 g/mol. The highest BCUT2D eigenvalue weighted by Gasteiger charge is 2.38. The topological polar surface area (TPSA) is 53.1 Å². The van der Waals surface area contributed by atoms with Crippen molar-refractivity contribution in [1.82, 2.24) is 14.9 Å². The van der Waals surface area contributed by atoms with E-state index in [2.05, 4.69) is 20.6 Å². The molecule has 34 heavy (non-hydrogen) atoms. The van der Waals surface area contributed by atoms with E-state index in [1.54, 1.807) is 24.3 Å². The molecule has 0 fully saturated rings. The van der Waals surface area contributed by atoms with Gasteiger partial charge in [0, 0.05) is 18.2 Å². The number of hydrogen-bond donors (Lipinski definition) is 2. The Labute approximate surface area is 192 Å². The zero-order valence-electron chi connectivity index (χ0n) is 18.4. The predicted octanol–water partition coefficient (Wildman–Crippen LogP) is 6.29. The number of nitrogens with zero attached hydrogens (tertiary/aromatic N) is 3. The SMILES string of the molecule is CN(C)CCCNc1nc(Nc2ccc(C(F)(F)F)cc2C(F)(F)F)cc(-c2ccccc2)n1. The molecule has 0 aliphatic heterocycles. The van der Waals surface area contributed by atoms with E-state index in [1.807, 2.05) is 25.1 Å². The van der Waals surface area contributed by atoms with Gasteiger partial charge >= 0.3 is 12.4 Å². The molecule has 3 rings (SSSR count). The first-order valence-corrected chi connectivity index (χ1v) is 10.3. The fourth-order valence-corrected chi connectivity index (χ4v) is 3.14. The second-order valence-corrected chi connectivity index (χ2v) is 7.79. The largest absolute Gasteiger partial charge is 0.418 e. The molecule has 0 amide bonds. The molecule has 0 atom stereocenters. The van der Waals surface area contributed by atoms with E-state index in [1.165, 1.54) is 6.07 Å². The Morgan fingerprint density at radius 1 is 0.853 bits per heavy atom. The van der Waals surface area contributed by atoms with Gasteiger partial charge in [-0.25, -0.2) is 4.98 Å². The summed E-state index contributed by atoms with van der Waals surface area (Å²) < 4.78 is 79.6. The first kappa shape index (κ1) is 25.3. The predicted molar refractivity (Wildman–Crippen MR) is 119 cm³/mol. The molecular weight excluding hydrogens is 460 g/mol. The van der Waals surface area contributed by atoms with E-state index in [-0.39, 0.29) is 17.8 Å². The molecule has 11 heteroatoms. The molecule has 2 N–H and O–H groups in total. The van der Waals surface area contributed by atoms with E-state index in [0.29, 0.717) is 23.9 Å². The number of hydrogen-bond acceptors (Lipinski definition) is 5. The van der Waals surface area contributed by atoms with Gasteiger partial charge in [0.05, 0.1) is 22.5 Å². The molecular formula is C23H23F6N5. The summed E-state index contributed by atoms with van der Waals surface area (Å²) in [5.74, 6) is 0.192. The van der Waals surface area contributed by atoms with E-state index >= 15 is 0 Å². The maximum atomic E-state index is 13.6. The highest BCUT2D eigenvalue weighted by Crippen LogP contribution is 2.40. The lowest BCUT2D eigenvalue weighted by molar-refractivity contribution is -0.142. The lowest BCUT2D eigenvalue weighted by Gasteiger charge is -2.17. The van der Waals surface area contributed by atoms with Crippen LogP contribution in [0.2, 0.25) is 0 Å². The minimum absolute atomic E-state index is 0.00854. The summed E-state index contributed by atoms with van der Waals surface area (Å²) in [4.78, 5) is 10.7. The molecule has 2 aromatic carbocycles. The summed E-state index contributed by atoms with van der Waals surface area (Å²) in [6, 6.07) is 11.8. The summed E-state index contributed by atoms with van der Waals surface area (Å²) >= 11 is 0. The van der Waals surface area contributed by atoms with Gasteiger partial charge in [-0.3, -0.25) is 0 Å². The van der Waals surface area contributed by atoms with Crippen LogP contribution in [0.3, 0.4) is 0 Å². The van der Waals surface area contributed by atoms with Gasteiger partial charge in [0.1, 0.15) is 5.82 Å². The van der Waals surface area contributed by atoms with Crippen LogP contribution in [0.15, 0.2) is 54.6 Å². The Hall–Kier alpha value is -3.34. The highest BCUT2D eigenvalue weighted by molar-refractivity contribution is 5.69. The molecule has 0 unspecified atom stereocenters. The minimum atomic E-state index is -5.01. The van der Waals surface area contributed by atoms with Crippen molar-refractivity contribution in [2.45, 2.75) is 18.8 Å². The van der Waals surface area contributed by atoms with Gasteiger partial charge in [0.25, 0.3) is 0 Å². The van der Waals surface area contributed by atoms with Crippen LogP contribution in [0.25, 0.3) is 11.3 Å². The standard InChI is InChI=1S/C23H23F6N5/c1-34(2)12-6-11-30-21-32-19(15-7-4-3-5-8-15)14-20(33-21)31-18-10-9-16(22(24,25)26)13-17(18)23(27,28)29/h3-5,7-10,13-14H,6,11-12H2,1-2H3,(H2,30,31,32,33). The van der Waals surface area contributed by atoms with Crippen LogP contribution in [-0.2, 0) is 12.4 Å². The summed E-state index contributed by atoms with van der Waals surface area (Å²) in [5.41, 5.74) is -2.23. The highest BCUT2D eigenvalue weighted by atomic mass is 19.4. The Morgan fingerprint density at radius 3 is 2.18 bits per heavy atom. The summed E-state index contributed by atoms with van der Waals surface area (Å²) in [6.07, 6.45) is -9.14. The fraction of sp³-hybridized carbons (Fsp3) is 0.304. The maximum absolute atomic E-state index is 13.6. The van der Waals surface area contributed by atoms with Crippen LogP contribution < -0.4 is 10.6 Å². The minimum Gasteiger partial charge on any atom is -0.354 e. The van der Waals surface area contributed by atoms with Crippen LogP contribution in [0.4, 0.5) is 43.8 Å². The Bertz CT molecular complexity index is 1100. The average Bonchev–Trinajstić information content (AvgIpc) is 2.76. The number of anilines is 3. The zero-order chi connectivity index (χ0) is 24.9. The molecule has 0 bridgehead atoms. The third kappa shape index (κ3) is 6.83. The van der Waals surface area contributed by atoms with E-state index in [9.17, 15) is 26.3 Å². The van der Waals surface area contributed by atoms with Crippen molar-refractivity contribution in [2.24, 2.45) is 0 Å². The molecule has 1 heterocycles. The first-order valence-electron chi connectivity index (χ1n) is 10.3. The smallest absolute Gasteiger partial charge is 0.354 e. The van der Waals surface area contributed by atoms with Crippen LogP contribution in [0.1, 0.15) is 17.5 Å². The Balaban J connectivity index is 1.97. The number of nitrogens with one attached hydrogen (secondary N) is 2. The van der Waals surface area contributed by atoms with Crippen molar-refractivity contribution < 1.29 is 26.3 Å². The van der Waals surface area contributed by atoms with Crippen molar-refractivity contribution in [1.29, 1.82) is 0 Å². The van der Waals surface area contributed by atoms with Gasteiger partial charge in [-0.15, -0.1) is 0 Å². The van der Waals surface area contributed by atoms with Crippen LogP contribution in [0, 0.1) is 0 Å². The van der Waals surface area contributed by atoms with Crippen molar-refractivity contribution in [2.75, 3.05) is 37.8 Å². The van der Waals surface area contributed by atoms with E-state index in [4.69, 9.17) is 0 Å². The third-order valence-corrected chi connectivity index (χ3v) is 4.78. The quantitative estimate of drug-likeness (QED) is 0.291. The fourth-order valence-electron chi connectivity index (χ4n) is 3.14. The van der Waals surface area contributed by atoms with Crippen molar-refractivity contribution >= 4 is 17.5 Å². The molecule has 1 aromatic heterocycles. The zero-order valence-corrected chi connectivity index (χ0v) is 18.4. The summed E-state index contributed by atoms with van der Waals surface area (Å²) in [7, 11) is 3.85. The first-order chi connectivity index (χ1) is 15.9. The number of halogens is 6. The molecule has 5 nitrogen and oxygen atoms in total. The van der Waals surface area contributed by atoms with E-state index in [0.717, 1.165) is 19.0 Å². The van der Waals surface area contributed by atoms with Gasteiger partial charge in [-0.05, 0) is 45.3 Å². The third-order valence-electron chi connectivity index (χ3n) is 4.78. The summed E-state index contributed by atoms with van der Waals surface area (Å²) in [5, 5.41) is 5.58. The molecule has 0 spiro atoms. The molecule has 3 aromatic rings. The van der Waals surface area contributed by atoms with Gasteiger partial charge in [0.15, 0.2) is 0 Å². The number of alkyl halides is 6. The molecule has 182 valence electrons. The maximum Gasteiger partial charge on any atom is 0.418 e. The molecule has 0 saturated carbocycles. The van der Waals surface area contributed by atoms with Gasteiger partial charge in [0.2, 0.25) is 5.95 Å². The van der Waals surface area contributed by atoms with Crippen LogP contribution in [0.5, 0.6) is 0 Å². The van der Waals surface area contributed by atoms with Crippen molar-refractivity contribution in [3.05, 3.63) is 65.7 Å². The molecule has 0 radical (unpaired) electrons. The van der Waals surface area contributed by atoms with E-state index < -0.39 is 29.2 Å². The normalized spacial score (nSPS) is 12.1. The lowest BCUT2D eigenvalue weighted by Crippen LogP contribution is -2.17. The van der Waals surface area contributed by atoms with Crippen LogP contribution >= 0.6 is 0 Å². The second-order valence-electron chi connectivity index (χ2n) is 7.79. The van der Waals surface area contributed by atoms with Gasteiger partial charge in [-0.1, -0.05) is 30.3 Å². The van der Waals surface area contributed by atoms with Crippen molar-refractivity contribution in [3.63, 3.8) is 0 Å². The van der Waals surface area contributed by atoms with Crippen LogP contribution in [-0.4, -0.2) is 42.1 Å². The number of aromatic nitrogens is 2. The molecule has 0 aliphatic carbocycles. The van der Waals surface area contributed by atoms with Crippen molar-refractivity contribution in [3.8, 4) is 11.3 Å². The summed E-state index contributed by atoms with van der Waals surface area (Å²) in [6.45, 7) is 1.32. The molecule has 0 aliphatic rings. The Kier molecular flexibility index (Phi) is 7.65. The van der Waals surface area contributed by atoms with Gasteiger partial charge < -0.3 is 15.5 Å². The lowest BCUT2D eigenvalue weighted by atomic mass is 10.1. The number of benzene rings is 2. The van der Waals surface area contributed by atoms with Gasteiger partial charge in [-0.2, -0.15) is 31.3 Å². The Morgan fingerprint density at radius 2 is 1.56 bits per heavy atom.